The van der Waals surface area contributed by atoms with Crippen LogP contribution in [0, 0.1) is 41.4 Å². The largest absolute Gasteiger partial charge is 0.453 e. The van der Waals surface area contributed by atoms with Gasteiger partial charge in [-0.05, 0) is 67.1 Å². The molecule has 0 aromatic heterocycles. The first-order valence-electron chi connectivity index (χ1n) is 22.5. The average Bonchev–Trinajstić information content (AvgIpc) is 3.26. The molecule has 8 unspecified atom stereocenters. The molecule has 6 rings (SSSR count). The summed E-state index contributed by atoms with van der Waals surface area (Å²) >= 11 is 0. The van der Waals surface area contributed by atoms with Gasteiger partial charge in [0.25, 0.3) is 0 Å². The molecule has 4 aliphatic heterocycles. The molecule has 12 heteroatoms. The van der Waals surface area contributed by atoms with Crippen molar-refractivity contribution in [2.75, 3.05) is 13.2 Å². The minimum atomic E-state index is -0.967. The third-order valence-electron chi connectivity index (χ3n) is 14.4. The molecule has 4 aliphatic rings. The lowest BCUT2D eigenvalue weighted by atomic mass is 9.82. The van der Waals surface area contributed by atoms with Crippen molar-refractivity contribution in [2.24, 2.45) is 41.4 Å². The van der Waals surface area contributed by atoms with Gasteiger partial charge in [0.1, 0.15) is 18.3 Å². The van der Waals surface area contributed by atoms with E-state index in [1.807, 2.05) is 77.9 Å². The highest BCUT2D eigenvalue weighted by molar-refractivity contribution is 5.89. The normalized spacial score (nSPS) is 42.4. The van der Waals surface area contributed by atoms with Crippen molar-refractivity contribution in [2.45, 2.75) is 169 Å². The maximum absolute atomic E-state index is 13.5. The zero-order chi connectivity index (χ0) is 43.2. The Kier molecular flexibility index (Phi) is 16.7. The van der Waals surface area contributed by atoms with Gasteiger partial charge in [0.2, 0.25) is 0 Å². The molecular weight excluding hydrogens is 769 g/mol. The van der Waals surface area contributed by atoms with Crippen molar-refractivity contribution < 1.29 is 57.6 Å². The molecule has 336 valence electrons. The molecule has 0 amide bonds. The number of benzene rings is 2. The molecule has 0 saturated carbocycles. The lowest BCUT2D eigenvalue weighted by Crippen LogP contribution is -2.60. The molecule has 0 spiro atoms. The Morgan fingerprint density at radius 2 is 1.03 bits per heavy atom. The number of aliphatic hydroxyl groups is 2. The maximum Gasteiger partial charge on any atom is 0.338 e. The third kappa shape index (κ3) is 10.6. The predicted molar refractivity (Wildman–Crippen MR) is 225 cm³/mol. The summed E-state index contributed by atoms with van der Waals surface area (Å²) in [6.07, 6.45) is -5.81. The Morgan fingerprint density at radius 1 is 0.533 bits per heavy atom. The van der Waals surface area contributed by atoms with Gasteiger partial charge in [0.15, 0.2) is 25.0 Å². The van der Waals surface area contributed by atoms with Crippen LogP contribution < -0.4 is 0 Å². The van der Waals surface area contributed by atoms with Gasteiger partial charge in [-0.2, -0.15) is 0 Å². The van der Waals surface area contributed by atoms with Crippen LogP contribution in [0.5, 0.6) is 0 Å². The molecule has 2 N–H and O–H groups in total. The Bertz CT molecular complexity index is 1590. The summed E-state index contributed by atoms with van der Waals surface area (Å²) in [6.45, 7) is 21.1. The summed E-state index contributed by atoms with van der Waals surface area (Å²) in [5.74, 6) is -0.726. The van der Waals surface area contributed by atoms with Crippen molar-refractivity contribution in [1.82, 2.24) is 0 Å². The molecule has 4 fully saturated rings. The molecule has 12 nitrogen and oxygen atoms in total. The molecular formula is C48H72O12. The van der Waals surface area contributed by atoms with Gasteiger partial charge in [-0.1, -0.05) is 111 Å². The number of carbonyl (C=O) groups excluding carboxylic acids is 1. The molecule has 20 atom stereocenters. The molecule has 4 saturated heterocycles. The van der Waals surface area contributed by atoms with E-state index < -0.39 is 73.7 Å². The highest BCUT2D eigenvalue weighted by atomic mass is 16.7. The van der Waals surface area contributed by atoms with Gasteiger partial charge < -0.3 is 52.8 Å². The molecule has 2 aromatic rings. The zero-order valence-corrected chi connectivity index (χ0v) is 37.3. The fourth-order valence-electron chi connectivity index (χ4n) is 9.43. The lowest BCUT2D eigenvalue weighted by Gasteiger charge is -2.49. The molecule has 60 heavy (non-hydrogen) atoms. The van der Waals surface area contributed by atoms with E-state index in [2.05, 4.69) is 27.7 Å². The van der Waals surface area contributed by atoms with Gasteiger partial charge in [-0.15, -0.1) is 0 Å². The SMILES string of the molecule is CCC1O[C@H](O[C@@H]2C(OCc3ccccc3)[C@H](C)OC(CO[C@H]3OC(CO[C@H]4OC(CC)[C@@H](C)[C@H](C)C4O)[C@@H](C)[C@H](C)C3OC(=O)c3ccccc3)[C@H]2C)C(O)[C@@H](C)[C@@H]1C. The molecule has 0 aliphatic carbocycles. The van der Waals surface area contributed by atoms with Gasteiger partial charge >= 0.3 is 5.97 Å². The van der Waals surface area contributed by atoms with E-state index in [1.165, 1.54) is 0 Å². The number of ether oxygens (including phenoxy) is 9. The number of esters is 1. The smallest absolute Gasteiger partial charge is 0.338 e. The minimum Gasteiger partial charge on any atom is -0.453 e. The highest BCUT2D eigenvalue weighted by Gasteiger charge is 2.50. The number of hydrogen-bond donors (Lipinski definition) is 2. The quantitative estimate of drug-likeness (QED) is 0.176. The molecule has 0 radical (unpaired) electrons. The first-order chi connectivity index (χ1) is 28.7. The minimum absolute atomic E-state index is 0.000766. The lowest BCUT2D eigenvalue weighted by molar-refractivity contribution is -0.331. The van der Waals surface area contributed by atoms with Gasteiger partial charge in [-0.3, -0.25) is 0 Å². The monoisotopic (exact) mass is 841 g/mol. The number of carbonyl (C=O) groups is 1. The van der Waals surface area contributed by atoms with Crippen molar-refractivity contribution in [1.29, 1.82) is 0 Å². The second kappa shape index (κ2) is 21.3. The van der Waals surface area contributed by atoms with Crippen LogP contribution in [0.15, 0.2) is 60.7 Å². The van der Waals surface area contributed by atoms with E-state index in [9.17, 15) is 15.0 Å². The van der Waals surface area contributed by atoms with Crippen LogP contribution in [0.25, 0.3) is 0 Å². The third-order valence-corrected chi connectivity index (χ3v) is 14.4. The van der Waals surface area contributed by atoms with Crippen molar-refractivity contribution in [3.63, 3.8) is 0 Å². The van der Waals surface area contributed by atoms with E-state index in [0.29, 0.717) is 12.2 Å². The summed E-state index contributed by atoms with van der Waals surface area (Å²) in [7, 11) is 0. The van der Waals surface area contributed by atoms with Crippen molar-refractivity contribution in [3.05, 3.63) is 71.8 Å². The van der Waals surface area contributed by atoms with Crippen molar-refractivity contribution in [3.8, 4) is 0 Å². The number of hydrogen-bond acceptors (Lipinski definition) is 12. The van der Waals surface area contributed by atoms with Crippen LogP contribution >= 0.6 is 0 Å². The van der Waals surface area contributed by atoms with E-state index in [4.69, 9.17) is 42.6 Å². The maximum atomic E-state index is 13.5. The van der Waals surface area contributed by atoms with Crippen LogP contribution in [0.4, 0.5) is 0 Å². The highest BCUT2D eigenvalue weighted by Crippen LogP contribution is 2.40. The average molecular weight is 841 g/mol. The van der Waals surface area contributed by atoms with Gasteiger partial charge in [-0.25, -0.2) is 4.79 Å². The Morgan fingerprint density at radius 3 is 1.63 bits per heavy atom. The van der Waals surface area contributed by atoms with Crippen molar-refractivity contribution >= 4 is 5.97 Å². The second-order valence-corrected chi connectivity index (χ2v) is 18.1. The number of aliphatic hydroxyl groups excluding tert-OH is 2. The molecule has 0 bridgehead atoms. The van der Waals surface area contributed by atoms with E-state index in [0.717, 1.165) is 18.4 Å². The molecule has 4 heterocycles. The van der Waals surface area contributed by atoms with E-state index in [-0.39, 0.29) is 66.8 Å². The van der Waals surface area contributed by atoms with Crippen LogP contribution in [-0.2, 0) is 49.2 Å². The van der Waals surface area contributed by atoms with E-state index in [1.54, 1.807) is 24.3 Å². The first-order valence-corrected chi connectivity index (χ1v) is 22.5. The standard InChI is InChI=1S/C48H72O12/c1-11-36-26(3)29(6)40(49)46(56-36)53-24-38-28(5)31(8)43(59-45(51)35-21-17-14-18-22-35)48(58-38)54-25-39-32(9)42(60-47-41(50)30(7)27(4)37(12-2)57-47)44(33(10)55-39)52-23-34-19-15-13-16-20-34/h13-22,26-33,36-44,46-50H,11-12,23-25H2,1-10H3/t26-,27-,28-,29-,30-,31-,32+,33-,36?,37?,38?,39?,40?,41?,42-,43?,44?,46-,47+,48-/m0/s1. The predicted octanol–water partition coefficient (Wildman–Crippen LogP) is 7.17. The summed E-state index contributed by atoms with van der Waals surface area (Å²) in [5.41, 5.74) is 1.45. The summed E-state index contributed by atoms with van der Waals surface area (Å²) in [4.78, 5) is 13.5. The molecule has 2 aromatic carbocycles. The van der Waals surface area contributed by atoms with E-state index >= 15 is 0 Å². The number of rotatable bonds is 15. The summed E-state index contributed by atoms with van der Waals surface area (Å²) < 4.78 is 58.6. The van der Waals surface area contributed by atoms with Crippen LogP contribution in [0.3, 0.4) is 0 Å². The topological polar surface area (TPSA) is 141 Å². The van der Waals surface area contributed by atoms with Gasteiger partial charge in [0.05, 0.1) is 62.0 Å². The van der Waals surface area contributed by atoms with Crippen LogP contribution in [0.1, 0.15) is 98.0 Å². The Hall–Kier alpha value is -2.49. The van der Waals surface area contributed by atoms with Crippen LogP contribution in [-0.4, -0.2) is 109 Å². The van der Waals surface area contributed by atoms with Gasteiger partial charge in [0, 0.05) is 11.8 Å². The fraction of sp³-hybridized carbons (Fsp3) is 0.729. The summed E-state index contributed by atoms with van der Waals surface area (Å²) in [5, 5.41) is 22.6. The zero-order valence-electron chi connectivity index (χ0n) is 37.3. The first kappa shape index (κ1) is 47.0. The fourth-order valence-corrected chi connectivity index (χ4v) is 9.43. The Labute approximate surface area is 357 Å². The Balaban J connectivity index is 1.21. The summed E-state index contributed by atoms with van der Waals surface area (Å²) in [6, 6.07) is 18.9. The second-order valence-electron chi connectivity index (χ2n) is 18.1. The van der Waals surface area contributed by atoms with Crippen LogP contribution in [0.2, 0.25) is 0 Å².